The van der Waals surface area contributed by atoms with Crippen molar-refractivity contribution in [3.05, 3.63) is 0 Å². The molecule has 3 heteroatoms. The molecule has 0 aliphatic heterocycles. The third-order valence-corrected chi connectivity index (χ3v) is 3.67. The average molecular weight is 238 g/mol. The van der Waals surface area contributed by atoms with Crippen LogP contribution < -0.4 is 5.32 Å². The largest absolute Gasteiger partial charge is 0.392 e. The minimum absolute atomic E-state index is 0.153. The molecule has 1 rings (SSSR count). The standard InChI is InChI=1S/C14H26N2O/c1-14(2,11-15)9-5-6-10-16-12-7-3-4-8-13(12)17/h12-13,16-17H,3-10H2,1-2H3. The molecular formula is C14H26N2O. The summed E-state index contributed by atoms with van der Waals surface area (Å²) in [4.78, 5) is 0. The van der Waals surface area contributed by atoms with E-state index in [0.29, 0.717) is 6.04 Å². The highest BCUT2D eigenvalue weighted by Crippen LogP contribution is 2.22. The summed E-state index contributed by atoms with van der Waals surface area (Å²) >= 11 is 0. The molecular weight excluding hydrogens is 212 g/mol. The van der Waals surface area contributed by atoms with Gasteiger partial charge < -0.3 is 10.4 Å². The van der Waals surface area contributed by atoms with Gasteiger partial charge in [-0.05, 0) is 46.1 Å². The molecule has 0 aromatic heterocycles. The van der Waals surface area contributed by atoms with Crippen LogP contribution in [0.1, 0.15) is 58.8 Å². The summed E-state index contributed by atoms with van der Waals surface area (Å²) in [5.41, 5.74) is -0.190. The first-order valence-electron chi connectivity index (χ1n) is 6.88. The van der Waals surface area contributed by atoms with Gasteiger partial charge in [-0.2, -0.15) is 5.26 Å². The van der Waals surface area contributed by atoms with Crippen molar-refractivity contribution < 1.29 is 5.11 Å². The van der Waals surface area contributed by atoms with E-state index in [0.717, 1.165) is 45.1 Å². The first-order valence-corrected chi connectivity index (χ1v) is 6.88. The molecule has 1 aliphatic carbocycles. The molecule has 2 N–H and O–H groups in total. The summed E-state index contributed by atoms with van der Waals surface area (Å²) in [5.74, 6) is 0. The van der Waals surface area contributed by atoms with Gasteiger partial charge in [-0.15, -0.1) is 0 Å². The molecule has 98 valence electrons. The molecule has 0 bridgehead atoms. The molecule has 3 nitrogen and oxygen atoms in total. The zero-order valence-electron chi connectivity index (χ0n) is 11.2. The highest BCUT2D eigenvalue weighted by Gasteiger charge is 2.22. The van der Waals surface area contributed by atoms with Gasteiger partial charge in [0.25, 0.3) is 0 Å². The summed E-state index contributed by atoms with van der Waals surface area (Å²) in [6.45, 7) is 4.94. The lowest BCUT2D eigenvalue weighted by molar-refractivity contribution is 0.0909. The fourth-order valence-electron chi connectivity index (χ4n) is 2.38. The lowest BCUT2D eigenvalue weighted by atomic mass is 9.89. The van der Waals surface area contributed by atoms with Crippen molar-refractivity contribution in [3.63, 3.8) is 0 Å². The van der Waals surface area contributed by atoms with E-state index in [4.69, 9.17) is 5.26 Å². The van der Waals surface area contributed by atoms with Crippen molar-refractivity contribution in [3.8, 4) is 6.07 Å². The van der Waals surface area contributed by atoms with Gasteiger partial charge in [0.05, 0.1) is 17.6 Å². The quantitative estimate of drug-likeness (QED) is 0.699. The van der Waals surface area contributed by atoms with Crippen LogP contribution in [0.4, 0.5) is 0 Å². The Morgan fingerprint density at radius 3 is 2.65 bits per heavy atom. The van der Waals surface area contributed by atoms with Crippen molar-refractivity contribution in [2.45, 2.75) is 70.9 Å². The van der Waals surface area contributed by atoms with E-state index < -0.39 is 0 Å². The molecule has 0 radical (unpaired) electrons. The Kier molecular flexibility index (Phi) is 5.94. The smallest absolute Gasteiger partial charge is 0.0693 e. The Bertz CT molecular complexity index is 257. The molecule has 0 saturated heterocycles. The summed E-state index contributed by atoms with van der Waals surface area (Å²) in [5, 5.41) is 22.1. The molecule has 0 amide bonds. The highest BCUT2D eigenvalue weighted by molar-refractivity contribution is 4.91. The number of unbranched alkanes of at least 4 members (excludes halogenated alkanes) is 1. The average Bonchev–Trinajstić information content (AvgIpc) is 2.31. The van der Waals surface area contributed by atoms with Crippen molar-refractivity contribution in [1.82, 2.24) is 5.32 Å². The topological polar surface area (TPSA) is 56.0 Å². The SMILES string of the molecule is CC(C)(C#N)CCCCNC1CCCCC1O. The second-order valence-corrected chi connectivity index (χ2v) is 5.87. The predicted octanol–water partition coefficient (Wildman–Crippen LogP) is 2.60. The first kappa shape index (κ1) is 14.5. The van der Waals surface area contributed by atoms with E-state index in [-0.39, 0.29) is 11.5 Å². The second-order valence-electron chi connectivity index (χ2n) is 5.87. The number of hydrogen-bond donors (Lipinski definition) is 2. The second kappa shape index (κ2) is 6.98. The minimum Gasteiger partial charge on any atom is -0.392 e. The summed E-state index contributed by atoms with van der Waals surface area (Å²) in [7, 11) is 0. The van der Waals surface area contributed by atoms with Crippen LogP contribution >= 0.6 is 0 Å². The predicted molar refractivity (Wildman–Crippen MR) is 69.5 cm³/mol. The van der Waals surface area contributed by atoms with Crippen molar-refractivity contribution >= 4 is 0 Å². The van der Waals surface area contributed by atoms with Crippen LogP contribution in [-0.2, 0) is 0 Å². The van der Waals surface area contributed by atoms with E-state index in [9.17, 15) is 5.11 Å². The number of aliphatic hydroxyl groups excluding tert-OH is 1. The lowest BCUT2D eigenvalue weighted by Gasteiger charge is -2.28. The Hall–Kier alpha value is -0.590. The van der Waals surface area contributed by atoms with Gasteiger partial charge in [0.1, 0.15) is 0 Å². The van der Waals surface area contributed by atoms with Crippen LogP contribution in [0.3, 0.4) is 0 Å². The molecule has 1 saturated carbocycles. The van der Waals surface area contributed by atoms with Gasteiger partial charge in [-0.1, -0.05) is 19.3 Å². The van der Waals surface area contributed by atoms with E-state index in [1.54, 1.807) is 0 Å². The van der Waals surface area contributed by atoms with Crippen LogP contribution in [0.25, 0.3) is 0 Å². The summed E-state index contributed by atoms with van der Waals surface area (Å²) < 4.78 is 0. The normalized spacial score (nSPS) is 25.5. The van der Waals surface area contributed by atoms with Crippen LogP contribution in [0.5, 0.6) is 0 Å². The molecule has 1 aliphatic rings. The fraction of sp³-hybridized carbons (Fsp3) is 0.929. The number of nitrogens with one attached hydrogen (secondary N) is 1. The zero-order valence-corrected chi connectivity index (χ0v) is 11.2. The molecule has 17 heavy (non-hydrogen) atoms. The Labute approximate surface area is 105 Å². The molecule has 0 heterocycles. The van der Waals surface area contributed by atoms with E-state index in [1.807, 2.05) is 13.8 Å². The van der Waals surface area contributed by atoms with Gasteiger partial charge in [0.15, 0.2) is 0 Å². The molecule has 0 aromatic carbocycles. The number of hydrogen-bond acceptors (Lipinski definition) is 3. The summed E-state index contributed by atoms with van der Waals surface area (Å²) in [6.07, 6.45) is 7.42. The van der Waals surface area contributed by atoms with Gasteiger partial charge in [-0.3, -0.25) is 0 Å². The fourth-order valence-corrected chi connectivity index (χ4v) is 2.38. The molecule has 0 aromatic rings. The van der Waals surface area contributed by atoms with E-state index in [2.05, 4.69) is 11.4 Å². The van der Waals surface area contributed by atoms with Crippen molar-refractivity contribution in [2.24, 2.45) is 5.41 Å². The van der Waals surface area contributed by atoms with Gasteiger partial charge in [0.2, 0.25) is 0 Å². The number of nitrogens with zero attached hydrogens (tertiary/aromatic N) is 1. The maximum Gasteiger partial charge on any atom is 0.0693 e. The highest BCUT2D eigenvalue weighted by atomic mass is 16.3. The Morgan fingerprint density at radius 1 is 1.29 bits per heavy atom. The van der Waals surface area contributed by atoms with Gasteiger partial charge >= 0.3 is 0 Å². The van der Waals surface area contributed by atoms with Gasteiger partial charge in [-0.25, -0.2) is 0 Å². The maximum atomic E-state index is 9.79. The van der Waals surface area contributed by atoms with Crippen molar-refractivity contribution in [2.75, 3.05) is 6.54 Å². The van der Waals surface area contributed by atoms with Crippen LogP contribution in [0.15, 0.2) is 0 Å². The third-order valence-electron chi connectivity index (χ3n) is 3.67. The number of rotatable bonds is 6. The Morgan fingerprint density at radius 2 is 2.00 bits per heavy atom. The number of nitriles is 1. The first-order chi connectivity index (χ1) is 8.05. The minimum atomic E-state index is -0.190. The van der Waals surface area contributed by atoms with E-state index >= 15 is 0 Å². The molecule has 0 spiro atoms. The van der Waals surface area contributed by atoms with Crippen LogP contribution in [0, 0.1) is 16.7 Å². The third kappa shape index (κ3) is 5.52. The van der Waals surface area contributed by atoms with Gasteiger partial charge in [0, 0.05) is 6.04 Å². The summed E-state index contributed by atoms with van der Waals surface area (Å²) in [6, 6.07) is 2.63. The van der Waals surface area contributed by atoms with E-state index in [1.165, 1.54) is 6.42 Å². The molecule has 2 atom stereocenters. The zero-order chi connectivity index (χ0) is 12.7. The van der Waals surface area contributed by atoms with Crippen LogP contribution in [0.2, 0.25) is 0 Å². The molecule has 1 fully saturated rings. The molecule has 2 unspecified atom stereocenters. The maximum absolute atomic E-state index is 9.79. The van der Waals surface area contributed by atoms with Crippen molar-refractivity contribution in [1.29, 1.82) is 5.26 Å². The monoisotopic (exact) mass is 238 g/mol. The lowest BCUT2D eigenvalue weighted by Crippen LogP contribution is -2.42. The van der Waals surface area contributed by atoms with Crippen LogP contribution in [-0.4, -0.2) is 23.8 Å². The Balaban J connectivity index is 2.06. The number of aliphatic hydroxyl groups is 1.